The van der Waals surface area contributed by atoms with Crippen LogP contribution >= 0.6 is 0 Å². The van der Waals surface area contributed by atoms with Gasteiger partial charge in [-0.3, -0.25) is 0 Å². The summed E-state index contributed by atoms with van der Waals surface area (Å²) in [5, 5.41) is 3.36. The maximum Gasteiger partial charge on any atom is 0.213 e. The number of aromatic nitrogens is 1. The van der Waals surface area contributed by atoms with Crippen LogP contribution in [0.25, 0.3) is 0 Å². The van der Waals surface area contributed by atoms with Gasteiger partial charge in [0.1, 0.15) is 11.9 Å². The zero-order valence-corrected chi connectivity index (χ0v) is 11.1. The number of hydrogen-bond donors (Lipinski definition) is 1. The maximum atomic E-state index is 12.9. The Morgan fingerprint density at radius 1 is 1.20 bits per heavy atom. The number of ether oxygens (including phenoxy) is 1. The zero-order valence-electron chi connectivity index (χ0n) is 11.1. The van der Waals surface area contributed by atoms with E-state index in [9.17, 15) is 4.39 Å². The molecule has 1 aliphatic heterocycles. The second-order valence-corrected chi connectivity index (χ2v) is 5.02. The van der Waals surface area contributed by atoms with Gasteiger partial charge >= 0.3 is 0 Å². The van der Waals surface area contributed by atoms with Crippen LogP contribution in [0.2, 0.25) is 0 Å². The fraction of sp³-hybridized carbons (Fsp3) is 0.312. The van der Waals surface area contributed by atoms with Gasteiger partial charge in [0.15, 0.2) is 0 Å². The molecule has 1 saturated heterocycles. The summed E-state index contributed by atoms with van der Waals surface area (Å²) >= 11 is 0. The summed E-state index contributed by atoms with van der Waals surface area (Å²) in [6, 6.07) is 13.1. The van der Waals surface area contributed by atoms with Crippen LogP contribution in [0.5, 0.6) is 5.88 Å². The SMILES string of the molecule is Fc1ccc(O[C@H](c2ccccc2)C2CCNC2)nc1. The number of benzene rings is 1. The molecule has 2 atom stereocenters. The third kappa shape index (κ3) is 2.96. The number of nitrogens with zero attached hydrogens (tertiary/aromatic N) is 1. The molecule has 0 radical (unpaired) electrons. The van der Waals surface area contributed by atoms with E-state index in [1.807, 2.05) is 18.2 Å². The topological polar surface area (TPSA) is 34.1 Å². The molecular formula is C16H17FN2O. The predicted molar refractivity (Wildman–Crippen MR) is 75.0 cm³/mol. The van der Waals surface area contributed by atoms with Gasteiger partial charge in [-0.1, -0.05) is 30.3 Å². The van der Waals surface area contributed by atoms with Crippen molar-refractivity contribution in [2.75, 3.05) is 13.1 Å². The third-order valence-corrected chi connectivity index (χ3v) is 3.60. The first kappa shape index (κ1) is 13.1. The normalized spacial score (nSPS) is 19.8. The van der Waals surface area contributed by atoms with Crippen LogP contribution in [-0.2, 0) is 0 Å². The fourth-order valence-electron chi connectivity index (χ4n) is 2.58. The van der Waals surface area contributed by atoms with E-state index in [1.165, 1.54) is 12.3 Å². The molecule has 1 fully saturated rings. The van der Waals surface area contributed by atoms with E-state index >= 15 is 0 Å². The minimum Gasteiger partial charge on any atom is -0.469 e. The Bertz CT molecular complexity index is 538. The maximum absolute atomic E-state index is 12.9. The third-order valence-electron chi connectivity index (χ3n) is 3.60. The Balaban J connectivity index is 1.83. The van der Waals surface area contributed by atoms with E-state index in [4.69, 9.17) is 4.74 Å². The molecule has 1 aromatic heterocycles. The highest BCUT2D eigenvalue weighted by Crippen LogP contribution is 2.31. The molecule has 4 heteroatoms. The zero-order chi connectivity index (χ0) is 13.8. The Morgan fingerprint density at radius 2 is 2.05 bits per heavy atom. The molecule has 1 aliphatic rings. The van der Waals surface area contributed by atoms with E-state index in [0.717, 1.165) is 25.1 Å². The van der Waals surface area contributed by atoms with Crippen molar-refractivity contribution in [3.63, 3.8) is 0 Å². The molecule has 1 aromatic carbocycles. The molecular weight excluding hydrogens is 255 g/mol. The first-order valence-electron chi connectivity index (χ1n) is 6.87. The van der Waals surface area contributed by atoms with Gasteiger partial charge < -0.3 is 10.1 Å². The summed E-state index contributed by atoms with van der Waals surface area (Å²) in [5.74, 6) is 0.521. The predicted octanol–water partition coefficient (Wildman–Crippen LogP) is 2.95. The van der Waals surface area contributed by atoms with Gasteiger partial charge in [-0.2, -0.15) is 0 Å². The van der Waals surface area contributed by atoms with Crippen molar-refractivity contribution >= 4 is 0 Å². The minimum atomic E-state index is -0.351. The molecule has 0 aliphatic carbocycles. The molecule has 20 heavy (non-hydrogen) atoms. The Labute approximate surface area is 117 Å². The second-order valence-electron chi connectivity index (χ2n) is 5.02. The summed E-state index contributed by atoms with van der Waals surface area (Å²) in [7, 11) is 0. The summed E-state index contributed by atoms with van der Waals surface area (Å²) < 4.78 is 18.9. The fourth-order valence-corrected chi connectivity index (χ4v) is 2.58. The Kier molecular flexibility index (Phi) is 3.92. The monoisotopic (exact) mass is 272 g/mol. The van der Waals surface area contributed by atoms with Crippen molar-refractivity contribution in [1.29, 1.82) is 0 Å². The minimum absolute atomic E-state index is 0.0517. The largest absolute Gasteiger partial charge is 0.469 e. The number of pyridine rings is 1. The van der Waals surface area contributed by atoms with Crippen molar-refractivity contribution in [2.45, 2.75) is 12.5 Å². The molecule has 0 spiro atoms. The molecule has 0 amide bonds. The highest BCUT2D eigenvalue weighted by atomic mass is 19.1. The van der Waals surface area contributed by atoms with E-state index in [-0.39, 0.29) is 11.9 Å². The lowest BCUT2D eigenvalue weighted by Crippen LogP contribution is -2.21. The van der Waals surface area contributed by atoms with Crippen LogP contribution < -0.4 is 10.1 Å². The Hall–Kier alpha value is -1.94. The average molecular weight is 272 g/mol. The van der Waals surface area contributed by atoms with Gasteiger partial charge in [-0.05, 0) is 24.6 Å². The average Bonchev–Trinajstić information content (AvgIpc) is 3.01. The molecule has 1 N–H and O–H groups in total. The van der Waals surface area contributed by atoms with E-state index in [2.05, 4.69) is 22.4 Å². The Morgan fingerprint density at radius 3 is 2.70 bits per heavy atom. The summed E-state index contributed by atoms with van der Waals surface area (Å²) in [6.45, 7) is 1.94. The second kappa shape index (κ2) is 6.01. The summed E-state index contributed by atoms with van der Waals surface area (Å²) in [5.41, 5.74) is 1.13. The standard InChI is InChI=1S/C16H17FN2O/c17-14-6-7-15(19-11-14)20-16(13-8-9-18-10-13)12-4-2-1-3-5-12/h1-7,11,13,16,18H,8-10H2/t13?,16-/m1/s1. The quantitative estimate of drug-likeness (QED) is 0.929. The summed E-state index contributed by atoms with van der Waals surface area (Å²) in [6.07, 6.45) is 2.20. The number of rotatable bonds is 4. The highest BCUT2D eigenvalue weighted by Gasteiger charge is 2.28. The smallest absolute Gasteiger partial charge is 0.213 e. The highest BCUT2D eigenvalue weighted by molar-refractivity contribution is 5.21. The van der Waals surface area contributed by atoms with Gasteiger partial charge in [0.25, 0.3) is 0 Å². The van der Waals surface area contributed by atoms with Crippen LogP contribution in [0.4, 0.5) is 4.39 Å². The van der Waals surface area contributed by atoms with Crippen LogP contribution in [-0.4, -0.2) is 18.1 Å². The van der Waals surface area contributed by atoms with Crippen LogP contribution in [0.1, 0.15) is 18.1 Å². The molecule has 1 unspecified atom stereocenters. The van der Waals surface area contributed by atoms with Crippen molar-refractivity contribution in [1.82, 2.24) is 10.3 Å². The van der Waals surface area contributed by atoms with Crippen LogP contribution in [0, 0.1) is 11.7 Å². The van der Waals surface area contributed by atoms with Crippen LogP contribution in [0.15, 0.2) is 48.7 Å². The van der Waals surface area contributed by atoms with Crippen molar-refractivity contribution in [3.05, 3.63) is 60.0 Å². The molecule has 2 heterocycles. The lowest BCUT2D eigenvalue weighted by Gasteiger charge is -2.24. The molecule has 2 aromatic rings. The van der Waals surface area contributed by atoms with Crippen molar-refractivity contribution in [3.8, 4) is 5.88 Å². The van der Waals surface area contributed by atoms with Crippen molar-refractivity contribution < 1.29 is 9.13 Å². The lowest BCUT2D eigenvalue weighted by atomic mass is 9.95. The lowest BCUT2D eigenvalue weighted by molar-refractivity contribution is 0.138. The number of nitrogens with one attached hydrogen (secondary N) is 1. The first-order chi connectivity index (χ1) is 9.83. The summed E-state index contributed by atoms with van der Waals surface area (Å²) in [4.78, 5) is 4.00. The van der Waals surface area contributed by atoms with E-state index < -0.39 is 0 Å². The number of halogens is 1. The van der Waals surface area contributed by atoms with Gasteiger partial charge in [-0.25, -0.2) is 9.37 Å². The molecule has 3 nitrogen and oxygen atoms in total. The van der Waals surface area contributed by atoms with Gasteiger partial charge in [-0.15, -0.1) is 0 Å². The van der Waals surface area contributed by atoms with Gasteiger partial charge in [0.2, 0.25) is 5.88 Å². The molecule has 0 bridgehead atoms. The molecule has 3 rings (SSSR count). The van der Waals surface area contributed by atoms with Gasteiger partial charge in [0.05, 0.1) is 6.20 Å². The van der Waals surface area contributed by atoms with E-state index in [0.29, 0.717) is 11.8 Å². The number of hydrogen-bond acceptors (Lipinski definition) is 3. The van der Waals surface area contributed by atoms with Gasteiger partial charge in [0, 0.05) is 18.5 Å². The first-order valence-corrected chi connectivity index (χ1v) is 6.87. The molecule has 0 saturated carbocycles. The van der Waals surface area contributed by atoms with E-state index in [1.54, 1.807) is 6.07 Å². The van der Waals surface area contributed by atoms with Crippen molar-refractivity contribution in [2.24, 2.45) is 5.92 Å². The molecule has 104 valence electrons. The van der Waals surface area contributed by atoms with Crippen LogP contribution in [0.3, 0.4) is 0 Å².